The Morgan fingerprint density at radius 1 is 1.53 bits per heavy atom. The second kappa shape index (κ2) is 5.76. The number of piperidine rings is 1. The van der Waals surface area contributed by atoms with Gasteiger partial charge in [-0.05, 0) is 19.3 Å². The molecular formula is C8H13N3O5S. The topological polar surface area (TPSA) is 105 Å². The summed E-state index contributed by atoms with van der Waals surface area (Å²) in [5, 5.41) is 0. The van der Waals surface area contributed by atoms with Crippen LogP contribution >= 0.6 is 0 Å². The van der Waals surface area contributed by atoms with Crippen molar-refractivity contribution in [3.8, 4) is 0 Å². The molecule has 1 atom stereocenters. The summed E-state index contributed by atoms with van der Waals surface area (Å²) in [6.07, 6.45) is 1.29. The summed E-state index contributed by atoms with van der Waals surface area (Å²) in [7, 11) is -2.97. The Labute approximate surface area is 98.8 Å². The number of isocyanates is 1. The van der Waals surface area contributed by atoms with Crippen LogP contribution in [0.2, 0.25) is 0 Å². The minimum absolute atomic E-state index is 0.197. The Morgan fingerprint density at radius 2 is 2.24 bits per heavy atom. The molecular weight excluding hydrogens is 250 g/mol. The van der Waals surface area contributed by atoms with Crippen LogP contribution in [0.25, 0.3) is 0 Å². The van der Waals surface area contributed by atoms with Crippen molar-refractivity contribution in [3.05, 3.63) is 0 Å². The number of ether oxygens (including phenoxy) is 1. The van der Waals surface area contributed by atoms with Crippen LogP contribution in [0.5, 0.6) is 0 Å². The molecule has 0 aliphatic carbocycles. The Bertz CT molecular complexity index is 428. The highest BCUT2D eigenvalue weighted by Gasteiger charge is 2.33. The molecule has 0 aromatic heterocycles. The highest BCUT2D eigenvalue weighted by molar-refractivity contribution is 7.87. The molecule has 0 spiro atoms. The van der Waals surface area contributed by atoms with Crippen molar-refractivity contribution in [2.75, 3.05) is 13.7 Å². The number of hydrogen-bond donors (Lipinski definition) is 1. The summed E-state index contributed by atoms with van der Waals surface area (Å²) in [6, 6.07) is 0. The maximum atomic E-state index is 11.8. The third-order valence-corrected chi connectivity index (χ3v) is 3.80. The van der Waals surface area contributed by atoms with Crippen LogP contribution in [-0.2, 0) is 19.7 Å². The van der Waals surface area contributed by atoms with Crippen molar-refractivity contribution >= 4 is 22.4 Å². The Balaban J connectivity index is 2.86. The number of amides is 1. The van der Waals surface area contributed by atoms with Crippen molar-refractivity contribution in [1.82, 2.24) is 9.03 Å². The van der Waals surface area contributed by atoms with Crippen LogP contribution in [0.15, 0.2) is 4.99 Å². The van der Waals surface area contributed by atoms with Crippen LogP contribution in [0, 0.1) is 0 Å². The third kappa shape index (κ3) is 3.52. The van der Waals surface area contributed by atoms with Crippen LogP contribution < -0.4 is 4.72 Å². The number of methoxy groups -OCH3 is 1. The Kier molecular flexibility index (Phi) is 4.62. The first-order chi connectivity index (χ1) is 8.01. The van der Waals surface area contributed by atoms with Crippen molar-refractivity contribution < 1.29 is 22.7 Å². The molecule has 0 bridgehead atoms. The van der Waals surface area contributed by atoms with Gasteiger partial charge in [0.05, 0.1) is 7.11 Å². The normalized spacial score (nSPS) is 21.4. The molecule has 96 valence electrons. The van der Waals surface area contributed by atoms with Gasteiger partial charge in [-0.15, -0.1) is 0 Å². The Morgan fingerprint density at radius 3 is 2.82 bits per heavy atom. The average Bonchev–Trinajstić information content (AvgIpc) is 2.29. The van der Waals surface area contributed by atoms with E-state index in [4.69, 9.17) is 0 Å². The molecule has 0 saturated carbocycles. The average molecular weight is 263 g/mol. The standard InChI is InChI=1S/C8H13N3O5S/c1-16-8(13)10-17(14,15)11-5-3-2-4-7(11)9-6-12/h7H,2-5H2,1H3,(H,10,13). The number of carbonyl (C=O) groups excluding carboxylic acids is 2. The van der Waals surface area contributed by atoms with E-state index in [1.165, 1.54) is 6.08 Å². The molecule has 1 heterocycles. The van der Waals surface area contributed by atoms with Gasteiger partial charge in [0.25, 0.3) is 0 Å². The third-order valence-electron chi connectivity index (χ3n) is 2.33. The van der Waals surface area contributed by atoms with Crippen LogP contribution in [-0.4, -0.2) is 44.7 Å². The molecule has 0 aromatic rings. The molecule has 1 unspecified atom stereocenters. The fraction of sp³-hybridized carbons (Fsp3) is 0.750. The van der Waals surface area contributed by atoms with Crippen LogP contribution in [0.3, 0.4) is 0 Å². The lowest BCUT2D eigenvalue weighted by molar-refractivity contribution is 0.175. The number of carbonyl (C=O) groups is 1. The fourth-order valence-electron chi connectivity index (χ4n) is 1.56. The predicted octanol–water partition coefficient (Wildman–Crippen LogP) is -0.265. The zero-order chi connectivity index (χ0) is 12.9. The molecule has 1 rings (SSSR count). The highest BCUT2D eigenvalue weighted by atomic mass is 32.2. The van der Waals surface area contributed by atoms with Crippen LogP contribution in [0.1, 0.15) is 19.3 Å². The first kappa shape index (κ1) is 13.6. The van der Waals surface area contributed by atoms with Gasteiger partial charge in [0, 0.05) is 6.54 Å². The summed E-state index contributed by atoms with van der Waals surface area (Å²) < 4.78 is 30.4. The number of rotatable bonds is 3. The second-order valence-electron chi connectivity index (χ2n) is 3.41. The predicted molar refractivity (Wildman–Crippen MR) is 56.9 cm³/mol. The van der Waals surface area contributed by atoms with Gasteiger partial charge in [0.2, 0.25) is 6.08 Å². The molecule has 1 aliphatic heterocycles. The fourth-order valence-corrected chi connectivity index (χ4v) is 2.82. The SMILES string of the molecule is COC(=O)NS(=O)(=O)N1CCCCC1N=C=O. The molecule has 1 fully saturated rings. The largest absolute Gasteiger partial charge is 0.452 e. The van der Waals surface area contributed by atoms with Crippen LogP contribution in [0.4, 0.5) is 4.79 Å². The molecule has 0 aromatic carbocycles. The van der Waals surface area contributed by atoms with E-state index in [-0.39, 0.29) is 6.54 Å². The van der Waals surface area contributed by atoms with E-state index >= 15 is 0 Å². The van der Waals surface area contributed by atoms with Crippen molar-refractivity contribution in [3.63, 3.8) is 0 Å². The molecule has 8 nitrogen and oxygen atoms in total. The van der Waals surface area contributed by atoms with Gasteiger partial charge in [0.15, 0.2) is 0 Å². The van der Waals surface area contributed by atoms with E-state index in [0.29, 0.717) is 12.8 Å². The van der Waals surface area contributed by atoms with E-state index in [0.717, 1.165) is 17.8 Å². The van der Waals surface area contributed by atoms with E-state index in [9.17, 15) is 18.0 Å². The molecule has 1 saturated heterocycles. The van der Waals surface area contributed by atoms with Gasteiger partial charge in [-0.2, -0.15) is 17.7 Å². The summed E-state index contributed by atoms with van der Waals surface area (Å²) in [5.74, 6) is 0. The quantitative estimate of drug-likeness (QED) is 0.557. The zero-order valence-electron chi connectivity index (χ0n) is 9.25. The number of hydrogen-bond acceptors (Lipinski definition) is 6. The van der Waals surface area contributed by atoms with Crippen molar-refractivity contribution in [2.24, 2.45) is 4.99 Å². The smallest absolute Gasteiger partial charge is 0.421 e. The number of nitrogens with one attached hydrogen (secondary N) is 1. The lowest BCUT2D eigenvalue weighted by atomic mass is 10.1. The van der Waals surface area contributed by atoms with Crippen molar-refractivity contribution in [1.29, 1.82) is 0 Å². The summed E-state index contributed by atoms with van der Waals surface area (Å²) in [4.78, 5) is 24.5. The first-order valence-electron chi connectivity index (χ1n) is 4.96. The number of aliphatic imine (C=N–C) groups is 1. The van der Waals surface area contributed by atoms with Gasteiger partial charge >= 0.3 is 16.3 Å². The molecule has 1 N–H and O–H groups in total. The monoisotopic (exact) mass is 263 g/mol. The molecule has 9 heteroatoms. The summed E-state index contributed by atoms with van der Waals surface area (Å²) in [5.41, 5.74) is 0. The molecule has 0 radical (unpaired) electrons. The Hall–Kier alpha value is -1.44. The highest BCUT2D eigenvalue weighted by Crippen LogP contribution is 2.20. The molecule has 1 aliphatic rings. The van der Waals surface area contributed by atoms with Crippen molar-refractivity contribution in [2.45, 2.75) is 25.4 Å². The maximum Gasteiger partial charge on any atom is 0.421 e. The first-order valence-corrected chi connectivity index (χ1v) is 6.40. The van der Waals surface area contributed by atoms with Gasteiger partial charge < -0.3 is 4.74 Å². The van der Waals surface area contributed by atoms with E-state index in [1.807, 2.05) is 0 Å². The van der Waals surface area contributed by atoms with Gasteiger partial charge in [-0.1, -0.05) is 0 Å². The second-order valence-corrected chi connectivity index (χ2v) is 5.03. The van der Waals surface area contributed by atoms with Gasteiger partial charge in [0.1, 0.15) is 6.17 Å². The summed E-state index contributed by atoms with van der Waals surface area (Å²) in [6.45, 7) is 0.197. The number of nitrogens with zero attached hydrogens (tertiary/aromatic N) is 2. The van der Waals surface area contributed by atoms with E-state index < -0.39 is 22.5 Å². The van der Waals surface area contributed by atoms with Gasteiger partial charge in [-0.3, -0.25) is 0 Å². The minimum Gasteiger partial charge on any atom is -0.452 e. The molecule has 17 heavy (non-hydrogen) atoms. The lowest BCUT2D eigenvalue weighted by Gasteiger charge is -2.30. The lowest BCUT2D eigenvalue weighted by Crippen LogP contribution is -2.49. The maximum absolute atomic E-state index is 11.8. The summed E-state index contributed by atoms with van der Waals surface area (Å²) >= 11 is 0. The minimum atomic E-state index is -4.03. The van der Waals surface area contributed by atoms with E-state index in [2.05, 4.69) is 9.73 Å². The van der Waals surface area contributed by atoms with Gasteiger partial charge in [-0.25, -0.2) is 14.3 Å². The molecule has 1 amide bonds. The zero-order valence-corrected chi connectivity index (χ0v) is 10.1. The van der Waals surface area contributed by atoms with E-state index in [1.54, 1.807) is 4.72 Å².